The van der Waals surface area contributed by atoms with E-state index in [4.69, 9.17) is 0 Å². The summed E-state index contributed by atoms with van der Waals surface area (Å²) in [5.74, 6) is 0.868. The molecule has 0 aliphatic carbocycles. The van der Waals surface area contributed by atoms with Crippen molar-refractivity contribution in [1.29, 1.82) is 0 Å². The van der Waals surface area contributed by atoms with Gasteiger partial charge < -0.3 is 10.2 Å². The predicted octanol–water partition coefficient (Wildman–Crippen LogP) is 2.91. The Bertz CT molecular complexity index is 333. The molecule has 2 rings (SSSR count). The molecule has 1 saturated heterocycles. The molecule has 1 fully saturated rings. The van der Waals surface area contributed by atoms with Gasteiger partial charge in [-0.2, -0.15) is 4.37 Å². The predicted molar refractivity (Wildman–Crippen MR) is 77.3 cm³/mol. The molecule has 2 heterocycles. The van der Waals surface area contributed by atoms with Crippen LogP contribution in [0.3, 0.4) is 0 Å². The van der Waals surface area contributed by atoms with Crippen molar-refractivity contribution in [2.45, 2.75) is 45.4 Å². The molecule has 5 heteroatoms. The molecule has 0 saturated carbocycles. The summed E-state index contributed by atoms with van der Waals surface area (Å²) in [4.78, 5) is 6.91. The van der Waals surface area contributed by atoms with E-state index in [1.165, 1.54) is 69.7 Å². The molecule has 1 aliphatic rings. The van der Waals surface area contributed by atoms with Crippen LogP contribution in [0.5, 0.6) is 0 Å². The molecule has 0 atom stereocenters. The van der Waals surface area contributed by atoms with Gasteiger partial charge in [-0.3, -0.25) is 0 Å². The lowest BCUT2D eigenvalue weighted by Gasteiger charge is -2.26. The molecule has 0 bridgehead atoms. The summed E-state index contributed by atoms with van der Waals surface area (Å²) in [7, 11) is 0. The molecule has 0 unspecified atom stereocenters. The van der Waals surface area contributed by atoms with Crippen LogP contribution in [0.25, 0.3) is 0 Å². The second kappa shape index (κ2) is 7.69. The molecule has 0 aromatic carbocycles. The lowest BCUT2D eigenvalue weighted by Crippen LogP contribution is -2.30. The minimum atomic E-state index is 0.868. The number of anilines is 1. The van der Waals surface area contributed by atoms with Gasteiger partial charge in [-0.05, 0) is 52.2 Å². The van der Waals surface area contributed by atoms with Gasteiger partial charge in [0.2, 0.25) is 5.13 Å². The van der Waals surface area contributed by atoms with E-state index < -0.39 is 0 Å². The third-order valence-electron chi connectivity index (χ3n) is 3.40. The third-order valence-corrected chi connectivity index (χ3v) is 4.17. The maximum absolute atomic E-state index is 4.29. The van der Waals surface area contributed by atoms with Gasteiger partial charge in [-0.25, -0.2) is 4.98 Å². The van der Waals surface area contributed by atoms with Crippen LogP contribution in [0.15, 0.2) is 0 Å². The largest absolute Gasteiger partial charge is 0.360 e. The normalized spacial score (nSPS) is 16.9. The van der Waals surface area contributed by atoms with E-state index in [2.05, 4.69) is 19.6 Å². The van der Waals surface area contributed by atoms with Crippen molar-refractivity contribution >= 4 is 16.7 Å². The van der Waals surface area contributed by atoms with Crippen molar-refractivity contribution in [2.75, 3.05) is 31.5 Å². The van der Waals surface area contributed by atoms with Gasteiger partial charge in [0.1, 0.15) is 5.82 Å². The number of nitrogens with zero attached hydrogens (tertiary/aromatic N) is 3. The Morgan fingerprint density at radius 1 is 1.17 bits per heavy atom. The molecule has 1 aromatic heterocycles. The summed E-state index contributed by atoms with van der Waals surface area (Å²) in [5.41, 5.74) is 0. The van der Waals surface area contributed by atoms with Crippen LogP contribution < -0.4 is 5.32 Å². The van der Waals surface area contributed by atoms with Crippen LogP contribution in [0.1, 0.15) is 44.3 Å². The number of hydrogen-bond donors (Lipinski definition) is 1. The van der Waals surface area contributed by atoms with Gasteiger partial charge in [0.05, 0.1) is 0 Å². The van der Waals surface area contributed by atoms with E-state index in [-0.39, 0.29) is 0 Å². The Kier molecular flexibility index (Phi) is 5.87. The highest BCUT2D eigenvalue weighted by atomic mass is 32.1. The van der Waals surface area contributed by atoms with E-state index in [0.717, 1.165) is 17.5 Å². The van der Waals surface area contributed by atoms with Crippen LogP contribution in [0, 0.1) is 6.92 Å². The minimum absolute atomic E-state index is 0.868. The number of piperidine rings is 1. The fourth-order valence-electron chi connectivity index (χ4n) is 2.38. The van der Waals surface area contributed by atoms with Crippen LogP contribution in [-0.2, 0) is 0 Å². The third kappa shape index (κ3) is 4.90. The lowest BCUT2D eigenvalue weighted by molar-refractivity contribution is 0.224. The zero-order valence-electron chi connectivity index (χ0n) is 11.3. The smallest absolute Gasteiger partial charge is 0.202 e. The van der Waals surface area contributed by atoms with E-state index in [0.29, 0.717) is 0 Å². The molecule has 0 amide bonds. The van der Waals surface area contributed by atoms with Crippen LogP contribution in [-0.4, -0.2) is 40.4 Å². The van der Waals surface area contributed by atoms with Gasteiger partial charge in [0, 0.05) is 18.1 Å². The number of hydrogen-bond acceptors (Lipinski definition) is 5. The summed E-state index contributed by atoms with van der Waals surface area (Å²) in [6.07, 6.45) is 8.10. The van der Waals surface area contributed by atoms with E-state index >= 15 is 0 Å². The molecule has 1 aromatic rings. The number of unbranched alkanes of at least 4 members (excludes halogenated alkanes) is 2. The standard InChI is InChI=1S/C13H24N4S/c1-12-15-13(18-16-12)14-8-4-2-5-9-17-10-6-3-7-11-17/h2-11H2,1H3,(H,14,15,16). The minimum Gasteiger partial charge on any atom is -0.360 e. The average Bonchev–Trinajstić information content (AvgIpc) is 2.81. The monoisotopic (exact) mass is 268 g/mol. The average molecular weight is 268 g/mol. The molecular weight excluding hydrogens is 244 g/mol. The number of likely N-dealkylation sites (tertiary alicyclic amines) is 1. The first-order chi connectivity index (χ1) is 8.84. The van der Waals surface area contributed by atoms with Gasteiger partial charge in [-0.15, -0.1) is 0 Å². The first-order valence-electron chi connectivity index (χ1n) is 7.11. The van der Waals surface area contributed by atoms with Crippen molar-refractivity contribution in [1.82, 2.24) is 14.3 Å². The van der Waals surface area contributed by atoms with E-state index in [1.807, 2.05) is 6.92 Å². The molecule has 1 aliphatic heterocycles. The summed E-state index contributed by atoms with van der Waals surface area (Å²) in [6, 6.07) is 0. The van der Waals surface area contributed by atoms with Crippen molar-refractivity contribution in [2.24, 2.45) is 0 Å². The topological polar surface area (TPSA) is 41.1 Å². The number of rotatable bonds is 7. The van der Waals surface area contributed by atoms with Crippen LogP contribution >= 0.6 is 11.5 Å². The number of aryl methyl sites for hydroxylation is 1. The van der Waals surface area contributed by atoms with E-state index in [1.54, 1.807) is 0 Å². The Hall–Kier alpha value is -0.680. The summed E-state index contributed by atoms with van der Waals surface area (Å²) >= 11 is 1.46. The first kappa shape index (κ1) is 13.7. The van der Waals surface area contributed by atoms with Crippen LogP contribution in [0.2, 0.25) is 0 Å². The first-order valence-corrected chi connectivity index (χ1v) is 7.88. The Balaban J connectivity index is 1.46. The molecule has 0 spiro atoms. The van der Waals surface area contributed by atoms with Crippen LogP contribution in [0.4, 0.5) is 5.13 Å². The zero-order chi connectivity index (χ0) is 12.6. The van der Waals surface area contributed by atoms with Gasteiger partial charge in [0.15, 0.2) is 0 Å². The number of aromatic nitrogens is 2. The van der Waals surface area contributed by atoms with Gasteiger partial charge in [-0.1, -0.05) is 12.8 Å². The lowest BCUT2D eigenvalue weighted by atomic mass is 10.1. The van der Waals surface area contributed by atoms with Gasteiger partial charge >= 0.3 is 0 Å². The molecule has 102 valence electrons. The summed E-state index contributed by atoms with van der Waals surface area (Å²) in [5, 5.41) is 4.30. The fourth-order valence-corrected chi connectivity index (χ4v) is 2.98. The van der Waals surface area contributed by atoms with Crippen molar-refractivity contribution in [3.05, 3.63) is 5.82 Å². The van der Waals surface area contributed by atoms with Crippen molar-refractivity contribution in [3.8, 4) is 0 Å². The summed E-state index contributed by atoms with van der Waals surface area (Å²) in [6.45, 7) is 6.89. The SMILES string of the molecule is Cc1nsc(NCCCCCN2CCCCC2)n1. The van der Waals surface area contributed by atoms with Gasteiger partial charge in [0.25, 0.3) is 0 Å². The quantitative estimate of drug-likeness (QED) is 0.772. The highest BCUT2D eigenvalue weighted by Gasteiger charge is 2.08. The molecule has 0 radical (unpaired) electrons. The zero-order valence-corrected chi connectivity index (χ0v) is 12.1. The van der Waals surface area contributed by atoms with Crippen molar-refractivity contribution < 1.29 is 0 Å². The second-order valence-corrected chi connectivity index (χ2v) is 5.79. The Morgan fingerprint density at radius 2 is 2.00 bits per heavy atom. The number of nitrogens with one attached hydrogen (secondary N) is 1. The maximum atomic E-state index is 4.29. The Labute approximate surface area is 114 Å². The molecular formula is C13H24N4S. The highest BCUT2D eigenvalue weighted by Crippen LogP contribution is 2.11. The molecule has 1 N–H and O–H groups in total. The van der Waals surface area contributed by atoms with Crippen molar-refractivity contribution in [3.63, 3.8) is 0 Å². The Morgan fingerprint density at radius 3 is 2.72 bits per heavy atom. The highest BCUT2D eigenvalue weighted by molar-refractivity contribution is 7.09. The van der Waals surface area contributed by atoms with E-state index in [9.17, 15) is 0 Å². The summed E-state index contributed by atoms with van der Waals surface area (Å²) < 4.78 is 4.15. The fraction of sp³-hybridized carbons (Fsp3) is 0.846. The second-order valence-electron chi connectivity index (χ2n) is 5.04. The molecule has 4 nitrogen and oxygen atoms in total. The molecule has 18 heavy (non-hydrogen) atoms. The maximum Gasteiger partial charge on any atom is 0.202 e.